The Bertz CT molecular complexity index is 1330. The summed E-state index contributed by atoms with van der Waals surface area (Å²) in [4.78, 5) is 22.5. The number of ether oxygens (including phenoxy) is 1. The highest BCUT2D eigenvalue weighted by molar-refractivity contribution is 7.88. The average molecular weight is 517 g/mol. The van der Waals surface area contributed by atoms with Crippen LogP contribution < -0.4 is 9.50 Å². The molecule has 0 aliphatic carbocycles. The van der Waals surface area contributed by atoms with Crippen LogP contribution in [0.4, 0.5) is 24.8 Å². The number of alkyl halides is 3. The second-order valence-electron chi connectivity index (χ2n) is 7.09. The lowest BCUT2D eigenvalue weighted by Crippen LogP contribution is -2.40. The molecule has 0 atom stereocenters. The van der Waals surface area contributed by atoms with E-state index in [1.807, 2.05) is 0 Å². The van der Waals surface area contributed by atoms with E-state index in [1.165, 1.54) is 12.3 Å². The molecule has 34 heavy (non-hydrogen) atoms. The van der Waals surface area contributed by atoms with Crippen molar-refractivity contribution >= 4 is 50.2 Å². The fourth-order valence-electron chi connectivity index (χ4n) is 3.12. The molecule has 4 rings (SSSR count). The summed E-state index contributed by atoms with van der Waals surface area (Å²) >= 11 is 6.02. The minimum absolute atomic E-state index is 0.0912. The SMILES string of the molecule is O=C(c1ccc(Nc2ncc3c(Cl)c(OS(=O)(=O)C(F)(F)F)ccc3n2)cc1)N1CCOCC1. The maximum Gasteiger partial charge on any atom is 0.534 e. The Balaban J connectivity index is 1.50. The molecule has 9 nitrogen and oxygen atoms in total. The molecule has 2 aromatic carbocycles. The van der Waals surface area contributed by atoms with Crippen molar-refractivity contribution in [2.75, 3.05) is 31.6 Å². The summed E-state index contributed by atoms with van der Waals surface area (Å²) in [5, 5.41) is 2.65. The van der Waals surface area contributed by atoms with E-state index in [0.717, 1.165) is 6.07 Å². The van der Waals surface area contributed by atoms with Crippen molar-refractivity contribution in [1.29, 1.82) is 0 Å². The zero-order chi connectivity index (χ0) is 24.5. The number of carbonyl (C=O) groups is 1. The van der Waals surface area contributed by atoms with Gasteiger partial charge < -0.3 is 19.1 Å². The Hall–Kier alpha value is -3.16. The van der Waals surface area contributed by atoms with Crippen LogP contribution in [-0.2, 0) is 14.9 Å². The van der Waals surface area contributed by atoms with Crippen molar-refractivity contribution in [2.24, 2.45) is 0 Å². The number of carbonyl (C=O) groups excluding carboxylic acids is 1. The van der Waals surface area contributed by atoms with Crippen LogP contribution in [0, 0.1) is 0 Å². The Kier molecular flexibility index (Phi) is 6.51. The summed E-state index contributed by atoms with van der Waals surface area (Å²) in [6, 6.07) is 8.88. The van der Waals surface area contributed by atoms with Gasteiger partial charge in [0.1, 0.15) is 0 Å². The number of aromatic nitrogens is 2. The lowest BCUT2D eigenvalue weighted by atomic mass is 10.1. The van der Waals surface area contributed by atoms with Gasteiger partial charge in [-0.3, -0.25) is 4.79 Å². The zero-order valence-corrected chi connectivity index (χ0v) is 18.7. The molecule has 0 spiro atoms. The molecular formula is C20H16ClF3N4O5S. The molecule has 1 amide bonds. The maximum absolute atomic E-state index is 12.6. The Morgan fingerprint density at radius 1 is 1.12 bits per heavy atom. The zero-order valence-electron chi connectivity index (χ0n) is 17.2. The van der Waals surface area contributed by atoms with Crippen molar-refractivity contribution in [2.45, 2.75) is 5.51 Å². The molecule has 1 saturated heterocycles. The third kappa shape index (κ3) is 5.00. The van der Waals surface area contributed by atoms with Crippen LogP contribution in [-0.4, -0.2) is 61.0 Å². The van der Waals surface area contributed by atoms with Crippen LogP contribution >= 0.6 is 11.6 Å². The van der Waals surface area contributed by atoms with Crippen LogP contribution in [0.3, 0.4) is 0 Å². The highest BCUT2D eigenvalue weighted by Gasteiger charge is 2.48. The third-order valence-corrected chi connectivity index (χ3v) is 6.19. The summed E-state index contributed by atoms with van der Waals surface area (Å²) in [5.74, 6) is -0.652. The summed E-state index contributed by atoms with van der Waals surface area (Å²) in [6.07, 6.45) is 1.22. The van der Waals surface area contributed by atoms with Gasteiger partial charge in [-0.1, -0.05) is 11.6 Å². The lowest BCUT2D eigenvalue weighted by Gasteiger charge is -2.26. The van der Waals surface area contributed by atoms with Gasteiger partial charge in [-0.15, -0.1) is 0 Å². The predicted molar refractivity (Wildman–Crippen MR) is 117 cm³/mol. The highest BCUT2D eigenvalue weighted by atomic mass is 35.5. The number of hydrogen-bond acceptors (Lipinski definition) is 8. The van der Waals surface area contributed by atoms with E-state index < -0.39 is 21.4 Å². The number of nitrogens with zero attached hydrogens (tertiary/aromatic N) is 3. The first kappa shape index (κ1) is 24.0. The van der Waals surface area contributed by atoms with Crippen LogP contribution in [0.1, 0.15) is 10.4 Å². The topological polar surface area (TPSA) is 111 Å². The molecule has 1 aliphatic heterocycles. The molecular weight excluding hydrogens is 501 g/mol. The highest BCUT2D eigenvalue weighted by Crippen LogP contribution is 2.35. The number of nitrogens with one attached hydrogen (secondary N) is 1. The second-order valence-corrected chi connectivity index (χ2v) is 9.01. The first-order valence-corrected chi connectivity index (χ1v) is 11.5. The van der Waals surface area contributed by atoms with Gasteiger partial charge in [0, 0.05) is 35.9 Å². The quantitative estimate of drug-likeness (QED) is 0.403. The van der Waals surface area contributed by atoms with Gasteiger partial charge in [-0.05, 0) is 36.4 Å². The average Bonchev–Trinajstić information content (AvgIpc) is 2.81. The Morgan fingerprint density at radius 3 is 2.44 bits per heavy atom. The van der Waals surface area contributed by atoms with Gasteiger partial charge in [0.05, 0.1) is 23.8 Å². The first-order chi connectivity index (χ1) is 16.0. The third-order valence-electron chi connectivity index (χ3n) is 4.83. The fraction of sp³-hybridized carbons (Fsp3) is 0.250. The molecule has 0 saturated carbocycles. The molecule has 0 unspecified atom stereocenters. The van der Waals surface area contributed by atoms with Crippen LogP contribution in [0.5, 0.6) is 5.75 Å². The Morgan fingerprint density at radius 2 is 1.79 bits per heavy atom. The van der Waals surface area contributed by atoms with E-state index in [4.69, 9.17) is 16.3 Å². The van der Waals surface area contributed by atoms with Gasteiger partial charge in [0.15, 0.2) is 5.75 Å². The number of hydrogen-bond donors (Lipinski definition) is 1. The minimum atomic E-state index is -5.88. The number of amides is 1. The lowest BCUT2D eigenvalue weighted by molar-refractivity contribution is -0.0500. The standard InChI is InChI=1S/C20H16ClF3N4O5S/c21-17-14-11-25-19(27-15(14)5-6-16(17)33-34(30,31)20(22,23)24)26-13-3-1-12(2-4-13)18(29)28-7-9-32-10-8-28/h1-6,11H,7-10H2,(H,25,26,27). The van der Waals surface area contributed by atoms with Crippen molar-refractivity contribution in [1.82, 2.24) is 14.9 Å². The van der Waals surface area contributed by atoms with E-state index >= 15 is 0 Å². The van der Waals surface area contributed by atoms with Crippen LogP contribution in [0.15, 0.2) is 42.6 Å². The molecule has 1 aliphatic rings. The molecule has 0 radical (unpaired) electrons. The van der Waals surface area contributed by atoms with Gasteiger partial charge in [-0.25, -0.2) is 9.97 Å². The van der Waals surface area contributed by atoms with E-state index in [2.05, 4.69) is 19.5 Å². The molecule has 14 heteroatoms. The number of benzene rings is 2. The van der Waals surface area contributed by atoms with E-state index in [1.54, 1.807) is 29.2 Å². The molecule has 3 aromatic rings. The summed E-state index contributed by atoms with van der Waals surface area (Å²) in [6.45, 7) is 2.06. The van der Waals surface area contributed by atoms with Crippen LogP contribution in [0.25, 0.3) is 10.9 Å². The molecule has 2 heterocycles. The summed E-state index contributed by atoms with van der Waals surface area (Å²) in [7, 11) is -5.88. The van der Waals surface area contributed by atoms with Crippen molar-refractivity contribution < 1.29 is 35.3 Å². The molecule has 0 bridgehead atoms. The predicted octanol–water partition coefficient (Wildman–Crippen LogP) is 3.73. The van der Waals surface area contributed by atoms with E-state index in [-0.39, 0.29) is 27.8 Å². The largest absolute Gasteiger partial charge is 0.534 e. The van der Waals surface area contributed by atoms with Gasteiger partial charge >= 0.3 is 15.6 Å². The summed E-state index contributed by atoms with van der Waals surface area (Å²) < 4.78 is 69.6. The number of fused-ring (bicyclic) bond motifs is 1. The number of rotatable bonds is 5. The van der Waals surface area contributed by atoms with Gasteiger partial charge in [0.2, 0.25) is 5.95 Å². The monoisotopic (exact) mass is 516 g/mol. The smallest absolute Gasteiger partial charge is 0.378 e. The number of morpholine rings is 1. The van der Waals surface area contributed by atoms with Crippen molar-refractivity contribution in [3.63, 3.8) is 0 Å². The summed E-state index contributed by atoms with van der Waals surface area (Å²) in [5.41, 5.74) is -4.27. The minimum Gasteiger partial charge on any atom is -0.378 e. The Labute approximate surface area is 196 Å². The number of anilines is 2. The van der Waals surface area contributed by atoms with E-state index in [9.17, 15) is 26.4 Å². The molecule has 1 N–H and O–H groups in total. The maximum atomic E-state index is 12.6. The van der Waals surface area contributed by atoms with Crippen LogP contribution in [0.2, 0.25) is 5.02 Å². The van der Waals surface area contributed by atoms with Gasteiger partial charge in [0.25, 0.3) is 5.91 Å². The van der Waals surface area contributed by atoms with Gasteiger partial charge in [-0.2, -0.15) is 21.6 Å². The van der Waals surface area contributed by atoms with Crippen molar-refractivity contribution in [3.8, 4) is 5.75 Å². The van der Waals surface area contributed by atoms with Crippen molar-refractivity contribution in [3.05, 3.63) is 53.2 Å². The first-order valence-electron chi connectivity index (χ1n) is 9.75. The molecule has 180 valence electrons. The number of halogens is 4. The normalized spacial score (nSPS) is 14.8. The van der Waals surface area contributed by atoms with E-state index in [0.29, 0.717) is 37.6 Å². The molecule has 1 fully saturated rings. The molecule has 1 aromatic heterocycles. The fourth-order valence-corrected chi connectivity index (χ4v) is 3.88. The second kappa shape index (κ2) is 9.24.